The number of amides is 2. The molecule has 2 aromatic heterocycles. The number of pyridine rings is 1. The van der Waals surface area contributed by atoms with Gasteiger partial charge in [-0.25, -0.2) is 14.6 Å². The molecule has 2 amide bonds. The summed E-state index contributed by atoms with van der Waals surface area (Å²) in [4.78, 5) is 31.2. The number of aromatic nitrogens is 3. The van der Waals surface area contributed by atoms with Gasteiger partial charge in [0.2, 0.25) is 0 Å². The summed E-state index contributed by atoms with van der Waals surface area (Å²) < 4.78 is 3.38. The molecule has 1 N–H and O–H groups in total. The Hall–Kier alpha value is -2.31. The number of imidazole rings is 1. The highest BCUT2D eigenvalue weighted by Gasteiger charge is 2.31. The maximum atomic E-state index is 12.6. The zero-order valence-corrected chi connectivity index (χ0v) is 13.9. The molecule has 1 aliphatic carbocycles. The lowest BCUT2D eigenvalue weighted by Gasteiger charge is -2.20. The molecule has 1 aliphatic heterocycles. The predicted octanol–water partition coefficient (Wildman–Crippen LogP) is 1.63. The zero-order chi connectivity index (χ0) is 16.7. The second-order valence-corrected chi connectivity index (χ2v) is 6.88. The molecule has 0 spiro atoms. The van der Waals surface area contributed by atoms with Crippen LogP contribution in [0, 0.1) is 0 Å². The first-order valence-corrected chi connectivity index (χ1v) is 8.72. The second-order valence-electron chi connectivity index (χ2n) is 6.88. The molecule has 2 aliphatic rings. The fraction of sp³-hybridized carbons (Fsp3) is 0.588. The molecule has 7 nitrogen and oxygen atoms in total. The number of aryl methyl sites for hydroxylation is 1. The molecule has 2 fully saturated rings. The highest BCUT2D eigenvalue weighted by Crippen LogP contribution is 2.24. The van der Waals surface area contributed by atoms with Crippen LogP contribution < -0.4 is 11.0 Å². The quantitative estimate of drug-likeness (QED) is 0.910. The Bertz CT molecular complexity index is 818. The number of carbonyl (C=O) groups excluding carboxylic acids is 1. The number of hydrogen-bond acceptors (Lipinski definition) is 3. The maximum Gasteiger partial charge on any atom is 0.330 e. The summed E-state index contributed by atoms with van der Waals surface area (Å²) in [6.07, 6.45) is 7.05. The Labute approximate surface area is 140 Å². The SMILES string of the molecule is Cn1c(=O)n([C@H]2CCN(C(=O)NC3CCCC3)C2)c2ncccc21. The van der Waals surface area contributed by atoms with Gasteiger partial charge in [-0.05, 0) is 31.4 Å². The summed E-state index contributed by atoms with van der Waals surface area (Å²) in [7, 11) is 1.77. The lowest BCUT2D eigenvalue weighted by atomic mass is 10.2. The van der Waals surface area contributed by atoms with Crippen molar-refractivity contribution in [2.24, 2.45) is 7.05 Å². The highest BCUT2D eigenvalue weighted by molar-refractivity contribution is 5.75. The number of carbonyl (C=O) groups is 1. The molecule has 7 heteroatoms. The van der Waals surface area contributed by atoms with Crippen molar-refractivity contribution in [3.05, 3.63) is 28.8 Å². The van der Waals surface area contributed by atoms with Crippen LogP contribution in [0.1, 0.15) is 38.1 Å². The van der Waals surface area contributed by atoms with Crippen molar-refractivity contribution < 1.29 is 4.79 Å². The Kier molecular flexibility index (Phi) is 3.78. The molecule has 1 atom stereocenters. The molecule has 128 valence electrons. The van der Waals surface area contributed by atoms with Gasteiger partial charge in [0, 0.05) is 32.4 Å². The van der Waals surface area contributed by atoms with E-state index < -0.39 is 0 Å². The molecular weight excluding hydrogens is 306 g/mol. The van der Waals surface area contributed by atoms with Crippen LogP contribution in [-0.2, 0) is 7.05 Å². The van der Waals surface area contributed by atoms with Crippen LogP contribution >= 0.6 is 0 Å². The minimum Gasteiger partial charge on any atom is -0.335 e. The Morgan fingerprint density at radius 3 is 2.88 bits per heavy atom. The van der Waals surface area contributed by atoms with Crippen molar-refractivity contribution in [3.8, 4) is 0 Å². The summed E-state index contributed by atoms with van der Waals surface area (Å²) in [6.45, 7) is 1.24. The van der Waals surface area contributed by atoms with Crippen molar-refractivity contribution >= 4 is 17.2 Å². The molecule has 0 bridgehead atoms. The topological polar surface area (TPSA) is 72.2 Å². The number of nitrogens with zero attached hydrogens (tertiary/aromatic N) is 4. The second kappa shape index (κ2) is 5.96. The molecule has 1 saturated heterocycles. The third-order valence-electron chi connectivity index (χ3n) is 5.35. The van der Waals surface area contributed by atoms with Gasteiger partial charge in [-0.2, -0.15) is 0 Å². The maximum absolute atomic E-state index is 12.6. The molecule has 4 rings (SSSR count). The van der Waals surface area contributed by atoms with E-state index in [1.165, 1.54) is 12.8 Å². The van der Waals surface area contributed by atoms with Crippen molar-refractivity contribution in [2.45, 2.75) is 44.2 Å². The molecule has 0 radical (unpaired) electrons. The lowest BCUT2D eigenvalue weighted by Crippen LogP contribution is -2.43. The van der Waals surface area contributed by atoms with Gasteiger partial charge in [0.05, 0.1) is 11.6 Å². The smallest absolute Gasteiger partial charge is 0.330 e. The number of fused-ring (bicyclic) bond motifs is 1. The molecule has 2 aromatic rings. The van der Waals surface area contributed by atoms with Crippen LogP contribution in [0.15, 0.2) is 23.1 Å². The Morgan fingerprint density at radius 2 is 2.08 bits per heavy atom. The van der Waals surface area contributed by atoms with Crippen LogP contribution in [0.25, 0.3) is 11.2 Å². The van der Waals surface area contributed by atoms with E-state index in [0.717, 1.165) is 24.8 Å². The predicted molar refractivity (Wildman–Crippen MR) is 91.0 cm³/mol. The summed E-state index contributed by atoms with van der Waals surface area (Å²) in [6, 6.07) is 4.05. The first kappa shape index (κ1) is 15.2. The third kappa shape index (κ3) is 2.48. The largest absolute Gasteiger partial charge is 0.335 e. The molecule has 0 unspecified atom stereocenters. The number of urea groups is 1. The van der Waals surface area contributed by atoms with Crippen LogP contribution in [0.3, 0.4) is 0 Å². The average Bonchev–Trinajstić information content (AvgIpc) is 3.30. The minimum absolute atomic E-state index is 0.00523. The fourth-order valence-corrected chi connectivity index (χ4v) is 3.99. The fourth-order valence-electron chi connectivity index (χ4n) is 3.99. The number of rotatable bonds is 2. The summed E-state index contributed by atoms with van der Waals surface area (Å²) in [5.74, 6) is 0. The summed E-state index contributed by atoms with van der Waals surface area (Å²) in [5.41, 5.74) is 1.47. The van der Waals surface area contributed by atoms with Gasteiger partial charge in [0.15, 0.2) is 5.65 Å². The van der Waals surface area contributed by atoms with Gasteiger partial charge in [-0.3, -0.25) is 9.13 Å². The third-order valence-corrected chi connectivity index (χ3v) is 5.35. The van der Waals surface area contributed by atoms with Gasteiger partial charge in [0.25, 0.3) is 0 Å². The zero-order valence-electron chi connectivity index (χ0n) is 13.9. The lowest BCUT2D eigenvalue weighted by molar-refractivity contribution is 0.203. The van der Waals surface area contributed by atoms with E-state index in [1.54, 1.807) is 22.4 Å². The first-order valence-electron chi connectivity index (χ1n) is 8.72. The monoisotopic (exact) mass is 329 g/mol. The van der Waals surface area contributed by atoms with Crippen LogP contribution in [-0.4, -0.2) is 44.2 Å². The van der Waals surface area contributed by atoms with E-state index >= 15 is 0 Å². The van der Waals surface area contributed by atoms with Crippen molar-refractivity contribution in [1.82, 2.24) is 24.3 Å². The van der Waals surface area contributed by atoms with E-state index in [1.807, 2.05) is 17.0 Å². The molecular formula is C17H23N5O2. The van der Waals surface area contributed by atoms with Crippen LogP contribution in [0.5, 0.6) is 0 Å². The van der Waals surface area contributed by atoms with Crippen molar-refractivity contribution in [3.63, 3.8) is 0 Å². The highest BCUT2D eigenvalue weighted by atomic mass is 16.2. The van der Waals surface area contributed by atoms with E-state index in [-0.39, 0.29) is 17.8 Å². The normalized spacial score (nSPS) is 21.7. The van der Waals surface area contributed by atoms with E-state index in [4.69, 9.17) is 0 Å². The number of likely N-dealkylation sites (tertiary alicyclic amines) is 1. The van der Waals surface area contributed by atoms with Gasteiger partial charge >= 0.3 is 11.7 Å². The number of hydrogen-bond donors (Lipinski definition) is 1. The molecule has 0 aromatic carbocycles. The molecule has 24 heavy (non-hydrogen) atoms. The van der Waals surface area contributed by atoms with Crippen molar-refractivity contribution in [1.29, 1.82) is 0 Å². The van der Waals surface area contributed by atoms with Crippen LogP contribution in [0.4, 0.5) is 4.79 Å². The Balaban J connectivity index is 1.54. The van der Waals surface area contributed by atoms with Crippen molar-refractivity contribution in [2.75, 3.05) is 13.1 Å². The van der Waals surface area contributed by atoms with Gasteiger partial charge in [0.1, 0.15) is 0 Å². The molecule has 1 saturated carbocycles. The van der Waals surface area contributed by atoms with E-state index in [0.29, 0.717) is 24.8 Å². The van der Waals surface area contributed by atoms with Crippen LogP contribution in [0.2, 0.25) is 0 Å². The summed E-state index contributed by atoms with van der Waals surface area (Å²) in [5, 5.41) is 3.13. The average molecular weight is 329 g/mol. The van der Waals surface area contributed by atoms with E-state index in [2.05, 4.69) is 10.3 Å². The van der Waals surface area contributed by atoms with E-state index in [9.17, 15) is 9.59 Å². The van der Waals surface area contributed by atoms with Gasteiger partial charge < -0.3 is 10.2 Å². The Morgan fingerprint density at radius 1 is 1.29 bits per heavy atom. The number of nitrogens with one attached hydrogen (secondary N) is 1. The van der Waals surface area contributed by atoms with Gasteiger partial charge in [-0.1, -0.05) is 12.8 Å². The van der Waals surface area contributed by atoms with Gasteiger partial charge in [-0.15, -0.1) is 0 Å². The minimum atomic E-state index is -0.0632. The standard InChI is InChI=1S/C17H23N5O2/c1-20-14-7-4-9-18-15(14)22(17(20)24)13-8-10-21(11-13)16(23)19-12-5-2-3-6-12/h4,7,9,12-13H,2-3,5-6,8,10-11H2,1H3,(H,19,23)/t13-/m0/s1. The first-order chi connectivity index (χ1) is 11.6. The summed E-state index contributed by atoms with van der Waals surface area (Å²) >= 11 is 0. The molecule has 3 heterocycles.